The quantitative estimate of drug-likeness (QED) is 0.327. The molecular formula is C26H26F8N2O4. The topological polar surface area (TPSA) is 59.1 Å². The number of ether oxygens (including phenoxy) is 2. The van der Waals surface area contributed by atoms with Gasteiger partial charge in [-0.05, 0) is 72.9 Å². The van der Waals surface area contributed by atoms with Crippen molar-refractivity contribution in [1.29, 1.82) is 0 Å². The number of benzene rings is 2. The second kappa shape index (κ2) is 11.9. The van der Waals surface area contributed by atoms with Crippen LogP contribution in [0.25, 0.3) is 0 Å². The Morgan fingerprint density at radius 3 is 1.98 bits per heavy atom. The molecule has 0 saturated heterocycles. The maximum Gasteiger partial charge on any atom is 0.416 e. The summed E-state index contributed by atoms with van der Waals surface area (Å²) in [5.74, 6) is 0. The molecule has 0 aromatic heterocycles. The van der Waals surface area contributed by atoms with Crippen LogP contribution in [0.15, 0.2) is 30.3 Å². The summed E-state index contributed by atoms with van der Waals surface area (Å²) in [6.45, 7) is 0.143. The van der Waals surface area contributed by atoms with Crippen LogP contribution in [0.1, 0.15) is 59.7 Å². The molecule has 0 radical (unpaired) electrons. The smallest absolute Gasteiger partial charge is 0.416 e. The van der Waals surface area contributed by atoms with Crippen LogP contribution in [0.2, 0.25) is 0 Å². The normalized spacial score (nSPS) is 17.3. The summed E-state index contributed by atoms with van der Waals surface area (Å²) >= 11 is 0. The van der Waals surface area contributed by atoms with Gasteiger partial charge in [0.15, 0.2) is 0 Å². The van der Waals surface area contributed by atoms with Crippen LogP contribution in [0.5, 0.6) is 0 Å². The van der Waals surface area contributed by atoms with Gasteiger partial charge in [-0.3, -0.25) is 9.80 Å². The third-order valence-corrected chi connectivity index (χ3v) is 6.51. The first-order chi connectivity index (χ1) is 18.7. The minimum absolute atomic E-state index is 0.00921. The number of fused-ring (bicyclic) bond motifs is 1. The average molecular weight is 582 g/mol. The highest BCUT2D eigenvalue weighted by atomic mass is 19.4. The van der Waals surface area contributed by atoms with Gasteiger partial charge >= 0.3 is 24.5 Å². The number of hydrogen-bond acceptors (Lipinski definition) is 4. The van der Waals surface area contributed by atoms with Crippen LogP contribution < -0.4 is 4.90 Å². The Hall–Kier alpha value is -3.58. The molecule has 0 unspecified atom stereocenters. The Balaban J connectivity index is 2.20. The summed E-state index contributed by atoms with van der Waals surface area (Å²) in [5, 5.41) is 0. The summed E-state index contributed by atoms with van der Waals surface area (Å²) in [6, 6.07) is 1.53. The van der Waals surface area contributed by atoms with Crippen molar-refractivity contribution in [2.24, 2.45) is 0 Å². The maximum atomic E-state index is 13.8. The number of nitrogens with zero attached hydrogens (tertiary/aromatic N) is 2. The summed E-state index contributed by atoms with van der Waals surface area (Å²) in [4.78, 5) is 27.7. The lowest BCUT2D eigenvalue weighted by molar-refractivity contribution is -0.143. The van der Waals surface area contributed by atoms with Gasteiger partial charge in [0.05, 0.1) is 36.6 Å². The van der Waals surface area contributed by atoms with E-state index in [1.54, 1.807) is 13.8 Å². The molecule has 6 nitrogen and oxygen atoms in total. The van der Waals surface area contributed by atoms with Crippen molar-refractivity contribution in [1.82, 2.24) is 4.90 Å². The molecule has 3 rings (SSSR count). The van der Waals surface area contributed by atoms with Gasteiger partial charge in [-0.25, -0.2) is 18.4 Å². The van der Waals surface area contributed by atoms with Gasteiger partial charge in [0.1, 0.15) is 13.3 Å². The van der Waals surface area contributed by atoms with E-state index in [-0.39, 0.29) is 41.5 Å². The van der Waals surface area contributed by atoms with E-state index in [1.165, 1.54) is 17.0 Å². The number of carbonyl (C=O) groups is 2. The Labute approximate surface area is 224 Å². The molecule has 2 aromatic carbocycles. The standard InChI is InChI=1S/C26H26F8N2O4/c1-4-40-24(38)36-14(2)5-21(20-8-16(11-27)17(12-28)9-22(20)36)35(23(37)39-3)13-15-6-18(25(29,30)31)10-19(7-15)26(32,33)34/h6-10,14,21H,4-5,11-13H2,1-3H3/t14-,21+/m0/s1. The predicted molar refractivity (Wildman–Crippen MR) is 127 cm³/mol. The fraction of sp³-hybridized carbons (Fsp3) is 0.462. The first kappa shape index (κ1) is 31.0. The van der Waals surface area contributed by atoms with Crippen molar-refractivity contribution < 1.29 is 54.2 Å². The first-order valence-electron chi connectivity index (χ1n) is 12.0. The highest BCUT2D eigenvalue weighted by Gasteiger charge is 2.41. The Morgan fingerprint density at radius 1 is 0.950 bits per heavy atom. The van der Waals surface area contributed by atoms with Crippen molar-refractivity contribution in [2.45, 2.75) is 64.6 Å². The zero-order valence-electron chi connectivity index (χ0n) is 21.6. The lowest BCUT2D eigenvalue weighted by Crippen LogP contribution is -2.47. The summed E-state index contributed by atoms with van der Waals surface area (Å²) in [6.07, 6.45) is -12.2. The Morgan fingerprint density at radius 2 is 1.50 bits per heavy atom. The van der Waals surface area contributed by atoms with E-state index in [0.29, 0.717) is 12.1 Å². The third-order valence-electron chi connectivity index (χ3n) is 6.51. The van der Waals surface area contributed by atoms with E-state index in [1.807, 2.05) is 0 Å². The molecular weight excluding hydrogens is 556 g/mol. The van der Waals surface area contributed by atoms with Gasteiger partial charge in [0.25, 0.3) is 0 Å². The zero-order valence-corrected chi connectivity index (χ0v) is 21.6. The summed E-state index contributed by atoms with van der Waals surface area (Å²) in [7, 11) is 0.972. The van der Waals surface area contributed by atoms with Gasteiger partial charge in [-0.1, -0.05) is 0 Å². The van der Waals surface area contributed by atoms with E-state index in [4.69, 9.17) is 9.47 Å². The largest absolute Gasteiger partial charge is 0.453 e. The summed E-state index contributed by atoms with van der Waals surface area (Å²) < 4.78 is 118. The fourth-order valence-corrected chi connectivity index (χ4v) is 4.71. The fourth-order valence-electron chi connectivity index (χ4n) is 4.71. The molecule has 2 atom stereocenters. The Bertz CT molecular complexity index is 1220. The number of methoxy groups -OCH3 is 1. The van der Waals surface area contributed by atoms with Crippen LogP contribution in [0, 0.1) is 0 Å². The minimum Gasteiger partial charge on any atom is -0.453 e. The number of halogens is 8. The van der Waals surface area contributed by atoms with E-state index < -0.39 is 73.2 Å². The van der Waals surface area contributed by atoms with Crippen LogP contribution in [-0.2, 0) is 41.7 Å². The molecule has 1 heterocycles. The van der Waals surface area contributed by atoms with Gasteiger partial charge < -0.3 is 9.47 Å². The highest BCUT2D eigenvalue weighted by Crippen LogP contribution is 2.44. The predicted octanol–water partition coefficient (Wildman–Crippen LogP) is 7.73. The van der Waals surface area contributed by atoms with Crippen LogP contribution in [0.4, 0.5) is 50.4 Å². The van der Waals surface area contributed by atoms with Gasteiger partial charge in [0.2, 0.25) is 0 Å². The number of amides is 2. The number of alkyl halides is 8. The van der Waals surface area contributed by atoms with E-state index in [2.05, 4.69) is 0 Å². The molecule has 2 amide bonds. The number of anilines is 1. The van der Waals surface area contributed by atoms with E-state index in [9.17, 15) is 44.7 Å². The Kier molecular flexibility index (Phi) is 9.20. The molecule has 0 bridgehead atoms. The molecule has 220 valence electrons. The van der Waals surface area contributed by atoms with Crippen molar-refractivity contribution in [3.8, 4) is 0 Å². The molecule has 0 N–H and O–H groups in total. The first-order valence-corrected chi connectivity index (χ1v) is 12.0. The molecule has 0 aliphatic carbocycles. The minimum atomic E-state index is -5.11. The SMILES string of the molecule is CCOC(=O)N1c2cc(CF)c(CF)cc2[C@H](N(Cc2cc(C(F)(F)F)cc(C(F)(F)F)c2)C(=O)OC)C[C@@H]1C. The highest BCUT2D eigenvalue weighted by molar-refractivity contribution is 5.90. The van der Waals surface area contributed by atoms with Crippen molar-refractivity contribution in [2.75, 3.05) is 18.6 Å². The molecule has 0 saturated carbocycles. The lowest BCUT2D eigenvalue weighted by atomic mass is 9.88. The summed E-state index contributed by atoms with van der Waals surface area (Å²) in [5.41, 5.74) is -3.65. The van der Waals surface area contributed by atoms with E-state index >= 15 is 0 Å². The molecule has 2 aromatic rings. The van der Waals surface area contributed by atoms with Gasteiger partial charge in [0, 0.05) is 12.6 Å². The van der Waals surface area contributed by atoms with Crippen LogP contribution in [-0.4, -0.2) is 36.8 Å². The number of rotatable bonds is 6. The second-order valence-electron chi connectivity index (χ2n) is 9.13. The zero-order chi connectivity index (χ0) is 30.0. The number of carbonyl (C=O) groups excluding carboxylic acids is 2. The molecule has 0 fully saturated rings. The third kappa shape index (κ3) is 6.41. The van der Waals surface area contributed by atoms with Crippen LogP contribution >= 0.6 is 0 Å². The van der Waals surface area contributed by atoms with Crippen molar-refractivity contribution in [3.63, 3.8) is 0 Å². The molecule has 0 spiro atoms. The molecule has 1 aliphatic heterocycles. The second-order valence-corrected chi connectivity index (χ2v) is 9.13. The molecule has 1 aliphatic rings. The number of hydrogen-bond donors (Lipinski definition) is 0. The van der Waals surface area contributed by atoms with Crippen LogP contribution in [0.3, 0.4) is 0 Å². The maximum absolute atomic E-state index is 13.8. The lowest BCUT2D eigenvalue weighted by Gasteiger charge is -2.43. The molecule has 14 heteroatoms. The monoisotopic (exact) mass is 582 g/mol. The van der Waals surface area contributed by atoms with E-state index in [0.717, 1.165) is 12.0 Å². The van der Waals surface area contributed by atoms with Gasteiger partial charge in [-0.2, -0.15) is 26.3 Å². The molecule has 40 heavy (non-hydrogen) atoms. The van der Waals surface area contributed by atoms with Gasteiger partial charge in [-0.15, -0.1) is 0 Å². The average Bonchev–Trinajstić information content (AvgIpc) is 2.89. The van der Waals surface area contributed by atoms with Crippen molar-refractivity contribution in [3.05, 3.63) is 63.7 Å². The van der Waals surface area contributed by atoms with Crippen molar-refractivity contribution >= 4 is 17.9 Å².